The summed E-state index contributed by atoms with van der Waals surface area (Å²) >= 11 is 0. The lowest BCUT2D eigenvalue weighted by Gasteiger charge is -2.21. The van der Waals surface area contributed by atoms with Crippen LogP contribution in [-0.2, 0) is 14.8 Å². The van der Waals surface area contributed by atoms with Gasteiger partial charge in [0.2, 0.25) is 15.9 Å². The van der Waals surface area contributed by atoms with Crippen molar-refractivity contribution in [1.82, 2.24) is 4.72 Å². The first-order chi connectivity index (χ1) is 8.99. The number of hydrogen-bond acceptors (Lipinski definition) is 4. The topological polar surface area (TPSA) is 115 Å². The average molecular weight is 299 g/mol. The lowest BCUT2D eigenvalue weighted by molar-refractivity contribution is -0.125. The Kier molecular flexibility index (Phi) is 4.45. The number of benzene rings is 1. The fraction of sp³-hybridized carbons (Fsp3) is 0.462. The number of carbonyl (C=O) groups excluding carboxylic acids is 1. The molecule has 112 valence electrons. The van der Waals surface area contributed by atoms with E-state index in [1.807, 2.05) is 0 Å². The zero-order valence-corrected chi connectivity index (χ0v) is 13.0. The quantitative estimate of drug-likeness (QED) is 0.693. The van der Waals surface area contributed by atoms with E-state index in [4.69, 9.17) is 11.5 Å². The molecule has 7 heteroatoms. The second-order valence-corrected chi connectivity index (χ2v) is 7.20. The molecule has 0 aromatic heterocycles. The van der Waals surface area contributed by atoms with E-state index < -0.39 is 21.3 Å². The third-order valence-corrected chi connectivity index (χ3v) is 4.97. The van der Waals surface area contributed by atoms with E-state index in [0.29, 0.717) is 16.8 Å². The van der Waals surface area contributed by atoms with Crippen molar-refractivity contribution in [3.63, 3.8) is 0 Å². The molecule has 0 unspecified atom stereocenters. The summed E-state index contributed by atoms with van der Waals surface area (Å²) < 4.78 is 27.2. The Balaban J connectivity index is 3.14. The normalized spacial score (nSPS) is 12.4. The van der Waals surface area contributed by atoms with Crippen LogP contribution in [0.15, 0.2) is 17.0 Å². The van der Waals surface area contributed by atoms with Crippen LogP contribution in [0.3, 0.4) is 0 Å². The number of aryl methyl sites for hydroxylation is 1. The molecule has 1 amide bonds. The Morgan fingerprint density at radius 1 is 1.30 bits per heavy atom. The summed E-state index contributed by atoms with van der Waals surface area (Å²) in [6.45, 7) is 6.43. The van der Waals surface area contributed by atoms with Crippen LogP contribution >= 0.6 is 0 Å². The average Bonchev–Trinajstić information content (AvgIpc) is 2.32. The Hall–Kier alpha value is -1.60. The molecule has 0 fully saturated rings. The number of nitrogen functional groups attached to an aromatic ring is 1. The summed E-state index contributed by atoms with van der Waals surface area (Å²) in [6, 6.07) is 3.31. The molecule has 0 heterocycles. The molecule has 1 aromatic rings. The van der Waals surface area contributed by atoms with Crippen molar-refractivity contribution in [2.75, 3.05) is 12.3 Å². The molecule has 1 aromatic carbocycles. The van der Waals surface area contributed by atoms with Crippen LogP contribution in [0.1, 0.15) is 25.0 Å². The maximum atomic E-state index is 12.4. The number of primary amides is 1. The molecular weight excluding hydrogens is 278 g/mol. The van der Waals surface area contributed by atoms with Crippen molar-refractivity contribution in [2.45, 2.75) is 32.6 Å². The summed E-state index contributed by atoms with van der Waals surface area (Å²) in [4.78, 5) is 11.4. The Bertz CT molecular complexity index is 637. The number of carbonyl (C=O) groups is 1. The van der Waals surface area contributed by atoms with Gasteiger partial charge in [-0.3, -0.25) is 4.79 Å². The smallest absolute Gasteiger partial charge is 0.241 e. The number of anilines is 1. The van der Waals surface area contributed by atoms with Gasteiger partial charge >= 0.3 is 0 Å². The molecule has 20 heavy (non-hydrogen) atoms. The van der Waals surface area contributed by atoms with E-state index in [1.165, 1.54) is 0 Å². The predicted octanol–water partition coefficient (Wildman–Crippen LogP) is 0.675. The molecule has 0 aliphatic rings. The van der Waals surface area contributed by atoms with Gasteiger partial charge in [-0.25, -0.2) is 13.1 Å². The summed E-state index contributed by atoms with van der Waals surface area (Å²) in [6.07, 6.45) is 0. The lowest BCUT2D eigenvalue weighted by Crippen LogP contribution is -2.42. The predicted molar refractivity (Wildman–Crippen MR) is 78.5 cm³/mol. The summed E-state index contributed by atoms with van der Waals surface area (Å²) in [5.41, 5.74) is 11.5. The molecule has 0 bridgehead atoms. The van der Waals surface area contributed by atoms with Crippen LogP contribution in [0, 0.1) is 19.3 Å². The number of rotatable bonds is 5. The molecule has 0 aliphatic carbocycles. The first kappa shape index (κ1) is 16.5. The fourth-order valence-corrected chi connectivity index (χ4v) is 3.40. The van der Waals surface area contributed by atoms with Gasteiger partial charge in [0.15, 0.2) is 0 Å². The zero-order valence-electron chi connectivity index (χ0n) is 12.1. The van der Waals surface area contributed by atoms with E-state index in [9.17, 15) is 13.2 Å². The summed E-state index contributed by atoms with van der Waals surface area (Å²) in [7, 11) is -3.75. The van der Waals surface area contributed by atoms with Crippen molar-refractivity contribution in [3.8, 4) is 0 Å². The minimum Gasteiger partial charge on any atom is -0.398 e. The molecule has 0 radical (unpaired) electrons. The second kappa shape index (κ2) is 5.41. The molecular formula is C13H21N3O3S. The number of nitrogens with two attached hydrogens (primary N) is 2. The van der Waals surface area contributed by atoms with Gasteiger partial charge in [0.25, 0.3) is 0 Å². The molecule has 5 N–H and O–H groups in total. The Labute approximate surface area is 119 Å². The molecule has 0 aliphatic heterocycles. The van der Waals surface area contributed by atoms with Gasteiger partial charge in [-0.05, 0) is 44.9 Å². The van der Waals surface area contributed by atoms with Crippen molar-refractivity contribution in [1.29, 1.82) is 0 Å². The second-order valence-electron chi connectivity index (χ2n) is 5.50. The molecule has 0 saturated carbocycles. The summed E-state index contributed by atoms with van der Waals surface area (Å²) in [5, 5.41) is 0. The van der Waals surface area contributed by atoms with E-state index in [2.05, 4.69) is 4.72 Å². The van der Waals surface area contributed by atoms with Crippen LogP contribution in [-0.4, -0.2) is 20.9 Å². The monoisotopic (exact) mass is 299 g/mol. The van der Waals surface area contributed by atoms with Gasteiger partial charge in [0, 0.05) is 12.2 Å². The van der Waals surface area contributed by atoms with Gasteiger partial charge in [0.05, 0.1) is 10.3 Å². The maximum Gasteiger partial charge on any atom is 0.241 e. The maximum absolute atomic E-state index is 12.4. The number of sulfonamides is 1. The minimum atomic E-state index is -3.75. The number of amides is 1. The van der Waals surface area contributed by atoms with E-state index in [1.54, 1.807) is 39.8 Å². The third-order valence-electron chi connectivity index (χ3n) is 3.28. The van der Waals surface area contributed by atoms with Crippen molar-refractivity contribution in [2.24, 2.45) is 11.1 Å². The first-order valence-corrected chi connectivity index (χ1v) is 7.62. The molecule has 6 nitrogen and oxygen atoms in total. The van der Waals surface area contributed by atoms with Gasteiger partial charge in [-0.15, -0.1) is 0 Å². The largest absolute Gasteiger partial charge is 0.398 e. The molecule has 0 spiro atoms. The van der Waals surface area contributed by atoms with Crippen molar-refractivity contribution >= 4 is 21.6 Å². The van der Waals surface area contributed by atoms with E-state index in [0.717, 1.165) is 0 Å². The fourth-order valence-electron chi connectivity index (χ4n) is 1.69. The first-order valence-electron chi connectivity index (χ1n) is 6.14. The van der Waals surface area contributed by atoms with Crippen LogP contribution in [0.5, 0.6) is 0 Å². The highest BCUT2D eigenvalue weighted by atomic mass is 32.2. The molecule has 1 rings (SSSR count). The lowest BCUT2D eigenvalue weighted by atomic mass is 9.93. The zero-order chi connectivity index (χ0) is 15.7. The standard InChI is InChI=1S/C13H21N3O3S/c1-8-5-6-10(14)9(2)11(8)20(18,19)16-7-13(3,4)12(15)17/h5-6,16H,7,14H2,1-4H3,(H2,15,17). The van der Waals surface area contributed by atoms with Crippen molar-refractivity contribution < 1.29 is 13.2 Å². The number of nitrogens with one attached hydrogen (secondary N) is 1. The highest BCUT2D eigenvalue weighted by molar-refractivity contribution is 7.89. The van der Waals surface area contributed by atoms with Gasteiger partial charge in [0.1, 0.15) is 0 Å². The molecule has 0 atom stereocenters. The Morgan fingerprint density at radius 2 is 1.85 bits per heavy atom. The SMILES string of the molecule is Cc1ccc(N)c(C)c1S(=O)(=O)NCC(C)(C)C(N)=O. The number of hydrogen-bond donors (Lipinski definition) is 3. The highest BCUT2D eigenvalue weighted by Crippen LogP contribution is 2.25. The minimum absolute atomic E-state index is 0.0711. The van der Waals surface area contributed by atoms with Gasteiger partial charge in [-0.1, -0.05) is 6.07 Å². The van der Waals surface area contributed by atoms with Gasteiger partial charge in [-0.2, -0.15) is 0 Å². The van der Waals surface area contributed by atoms with Crippen LogP contribution in [0.4, 0.5) is 5.69 Å². The van der Waals surface area contributed by atoms with Crippen LogP contribution in [0.25, 0.3) is 0 Å². The third kappa shape index (κ3) is 3.29. The van der Waals surface area contributed by atoms with E-state index in [-0.39, 0.29) is 11.4 Å². The molecule has 0 saturated heterocycles. The van der Waals surface area contributed by atoms with Gasteiger partial charge < -0.3 is 11.5 Å². The summed E-state index contributed by atoms with van der Waals surface area (Å²) in [5.74, 6) is -0.568. The highest BCUT2D eigenvalue weighted by Gasteiger charge is 2.29. The van der Waals surface area contributed by atoms with Crippen molar-refractivity contribution in [3.05, 3.63) is 23.3 Å². The van der Waals surface area contributed by atoms with E-state index >= 15 is 0 Å². The van der Waals surface area contributed by atoms with Crippen LogP contribution in [0.2, 0.25) is 0 Å². The van der Waals surface area contributed by atoms with Crippen LogP contribution < -0.4 is 16.2 Å². The Morgan fingerprint density at radius 3 is 2.35 bits per heavy atom.